The number of amides is 1. The summed E-state index contributed by atoms with van der Waals surface area (Å²) in [7, 11) is 3.14. The second-order valence-electron chi connectivity index (χ2n) is 4.39. The monoisotopic (exact) mass is 281 g/mol. The number of anilines is 1. The molecule has 0 radical (unpaired) electrons. The lowest BCUT2D eigenvalue weighted by Gasteiger charge is -2.18. The van der Waals surface area contributed by atoms with Crippen LogP contribution in [0.3, 0.4) is 0 Å². The number of carbonyl (C=O) groups is 2. The van der Waals surface area contributed by atoms with Gasteiger partial charge in [0.05, 0.1) is 10.5 Å². The van der Waals surface area contributed by atoms with Gasteiger partial charge in [-0.1, -0.05) is 0 Å². The predicted molar refractivity (Wildman–Crippen MR) is 71.8 cm³/mol. The molecule has 1 aromatic rings. The third-order valence-corrected chi connectivity index (χ3v) is 2.62. The number of carboxylic acid groups (broad SMARTS) is 1. The summed E-state index contributed by atoms with van der Waals surface area (Å²) < 4.78 is 0. The van der Waals surface area contributed by atoms with Crippen molar-refractivity contribution >= 4 is 23.3 Å². The van der Waals surface area contributed by atoms with E-state index >= 15 is 0 Å². The molecule has 1 unspecified atom stereocenters. The molecule has 2 N–H and O–H groups in total. The fourth-order valence-electron chi connectivity index (χ4n) is 1.62. The molecule has 108 valence electrons. The summed E-state index contributed by atoms with van der Waals surface area (Å²) in [6, 6.07) is 2.81. The van der Waals surface area contributed by atoms with Crippen LogP contribution in [0.4, 0.5) is 11.4 Å². The first-order valence-electron chi connectivity index (χ1n) is 5.73. The third-order valence-electron chi connectivity index (χ3n) is 2.62. The van der Waals surface area contributed by atoms with E-state index in [4.69, 9.17) is 5.11 Å². The van der Waals surface area contributed by atoms with Crippen molar-refractivity contribution < 1.29 is 19.6 Å². The lowest BCUT2D eigenvalue weighted by atomic mass is 10.1. The summed E-state index contributed by atoms with van der Waals surface area (Å²) in [5.74, 6) is -1.50. The quantitative estimate of drug-likeness (QED) is 0.619. The molecule has 1 aromatic carbocycles. The van der Waals surface area contributed by atoms with Gasteiger partial charge in [-0.3, -0.25) is 14.9 Å². The van der Waals surface area contributed by atoms with Crippen molar-refractivity contribution in [3.63, 3.8) is 0 Å². The van der Waals surface area contributed by atoms with E-state index < -0.39 is 16.9 Å². The Hall–Kier alpha value is -2.64. The van der Waals surface area contributed by atoms with E-state index in [1.807, 2.05) is 0 Å². The standard InChI is InChI=1S/C12H15N3O5/c1-7(11(16)14(2)3)13-9-5-4-8(12(17)18)6-10(9)15(19)20/h4-7,13H,1-3H3,(H,17,18). The van der Waals surface area contributed by atoms with Gasteiger partial charge in [-0.05, 0) is 19.1 Å². The molecule has 0 aliphatic rings. The van der Waals surface area contributed by atoms with Crippen molar-refractivity contribution in [2.75, 3.05) is 19.4 Å². The Bertz CT molecular complexity index is 556. The van der Waals surface area contributed by atoms with Crippen molar-refractivity contribution in [2.45, 2.75) is 13.0 Å². The first-order valence-corrected chi connectivity index (χ1v) is 5.73. The van der Waals surface area contributed by atoms with Crippen LogP contribution in [-0.4, -0.2) is 46.9 Å². The minimum Gasteiger partial charge on any atom is -0.478 e. The SMILES string of the molecule is CC(Nc1ccc(C(=O)O)cc1[N+](=O)[O-])C(=O)N(C)C. The highest BCUT2D eigenvalue weighted by molar-refractivity contribution is 5.90. The number of nitro groups is 1. The van der Waals surface area contributed by atoms with Crippen molar-refractivity contribution in [1.82, 2.24) is 4.90 Å². The summed E-state index contributed by atoms with van der Waals surface area (Å²) in [6.07, 6.45) is 0. The number of hydrogen-bond donors (Lipinski definition) is 2. The highest BCUT2D eigenvalue weighted by Gasteiger charge is 2.21. The minimum absolute atomic E-state index is 0.0997. The van der Waals surface area contributed by atoms with Crippen LogP contribution in [0.2, 0.25) is 0 Å². The van der Waals surface area contributed by atoms with Crippen molar-refractivity contribution in [1.29, 1.82) is 0 Å². The van der Waals surface area contributed by atoms with Gasteiger partial charge in [-0.2, -0.15) is 0 Å². The first kappa shape index (κ1) is 15.4. The zero-order valence-electron chi connectivity index (χ0n) is 11.3. The normalized spacial score (nSPS) is 11.6. The number of benzene rings is 1. The molecular formula is C12H15N3O5. The first-order chi connectivity index (χ1) is 9.23. The molecule has 8 nitrogen and oxygen atoms in total. The maximum Gasteiger partial charge on any atom is 0.335 e. The van der Waals surface area contributed by atoms with Crippen LogP contribution in [0.5, 0.6) is 0 Å². The number of likely N-dealkylation sites (N-methyl/N-ethyl adjacent to an activating group) is 1. The molecule has 1 rings (SSSR count). The van der Waals surface area contributed by atoms with Crippen molar-refractivity contribution in [3.8, 4) is 0 Å². The Labute approximate surface area is 115 Å². The number of hydrogen-bond acceptors (Lipinski definition) is 5. The summed E-state index contributed by atoms with van der Waals surface area (Å²) in [5.41, 5.74) is -0.472. The van der Waals surface area contributed by atoms with Gasteiger partial charge in [0.15, 0.2) is 0 Å². The summed E-state index contributed by atoms with van der Waals surface area (Å²) in [5, 5.41) is 22.5. The predicted octanol–water partition coefficient (Wildman–Crippen LogP) is 1.18. The Kier molecular flexibility index (Phi) is 4.63. The molecule has 0 spiro atoms. The number of nitro benzene ring substituents is 1. The molecule has 1 atom stereocenters. The number of carboxylic acids is 1. The van der Waals surface area contributed by atoms with Gasteiger partial charge in [0.1, 0.15) is 11.7 Å². The molecule has 0 saturated carbocycles. The molecular weight excluding hydrogens is 266 g/mol. The van der Waals surface area contributed by atoms with E-state index in [0.29, 0.717) is 0 Å². The van der Waals surface area contributed by atoms with Crippen LogP contribution in [0.25, 0.3) is 0 Å². The second kappa shape index (κ2) is 6.00. The van der Waals surface area contributed by atoms with Gasteiger partial charge in [-0.25, -0.2) is 4.79 Å². The van der Waals surface area contributed by atoms with E-state index in [1.54, 1.807) is 21.0 Å². The number of nitrogens with zero attached hydrogens (tertiary/aromatic N) is 2. The van der Waals surface area contributed by atoms with Crippen LogP contribution in [-0.2, 0) is 4.79 Å². The molecule has 0 aromatic heterocycles. The van der Waals surface area contributed by atoms with Gasteiger partial charge in [0, 0.05) is 20.2 Å². The van der Waals surface area contributed by atoms with Crippen LogP contribution in [0, 0.1) is 10.1 Å². The molecule has 1 amide bonds. The molecule has 8 heteroatoms. The van der Waals surface area contributed by atoms with Crippen LogP contribution < -0.4 is 5.32 Å². The number of aromatic carboxylic acids is 1. The van der Waals surface area contributed by atoms with E-state index in [2.05, 4.69) is 5.32 Å². The van der Waals surface area contributed by atoms with Gasteiger partial charge < -0.3 is 15.3 Å². The average Bonchev–Trinajstić information content (AvgIpc) is 2.37. The molecule has 0 bridgehead atoms. The third kappa shape index (κ3) is 3.44. The number of rotatable bonds is 5. The van der Waals surface area contributed by atoms with Gasteiger partial charge in [0.2, 0.25) is 5.91 Å². The van der Waals surface area contributed by atoms with Gasteiger partial charge in [0.25, 0.3) is 5.69 Å². The van der Waals surface area contributed by atoms with Gasteiger partial charge >= 0.3 is 5.97 Å². The highest BCUT2D eigenvalue weighted by Crippen LogP contribution is 2.26. The average molecular weight is 281 g/mol. The van der Waals surface area contributed by atoms with E-state index in [0.717, 1.165) is 6.07 Å². The maximum absolute atomic E-state index is 11.7. The number of carbonyl (C=O) groups excluding carboxylic acids is 1. The Balaban J connectivity index is 3.09. The Morgan fingerprint density at radius 2 is 2.00 bits per heavy atom. The molecule has 20 heavy (non-hydrogen) atoms. The summed E-state index contributed by atoms with van der Waals surface area (Å²) in [6.45, 7) is 1.57. The molecule has 0 saturated heterocycles. The van der Waals surface area contributed by atoms with Crippen molar-refractivity contribution in [2.24, 2.45) is 0 Å². The fraction of sp³-hybridized carbons (Fsp3) is 0.333. The van der Waals surface area contributed by atoms with Crippen LogP contribution in [0.15, 0.2) is 18.2 Å². The summed E-state index contributed by atoms with van der Waals surface area (Å²) in [4.78, 5) is 34.1. The zero-order valence-corrected chi connectivity index (χ0v) is 11.3. The Morgan fingerprint density at radius 3 is 2.45 bits per heavy atom. The zero-order chi connectivity index (χ0) is 15.4. The summed E-state index contributed by atoms with van der Waals surface area (Å²) >= 11 is 0. The smallest absolute Gasteiger partial charge is 0.335 e. The lowest BCUT2D eigenvalue weighted by Crippen LogP contribution is -2.36. The maximum atomic E-state index is 11.7. The van der Waals surface area contributed by atoms with Crippen LogP contribution in [0.1, 0.15) is 17.3 Å². The largest absolute Gasteiger partial charge is 0.478 e. The van der Waals surface area contributed by atoms with Gasteiger partial charge in [-0.15, -0.1) is 0 Å². The van der Waals surface area contributed by atoms with E-state index in [9.17, 15) is 19.7 Å². The van der Waals surface area contributed by atoms with E-state index in [-0.39, 0.29) is 22.8 Å². The van der Waals surface area contributed by atoms with Crippen molar-refractivity contribution in [3.05, 3.63) is 33.9 Å². The fourth-order valence-corrected chi connectivity index (χ4v) is 1.62. The van der Waals surface area contributed by atoms with Crippen LogP contribution >= 0.6 is 0 Å². The number of nitrogens with one attached hydrogen (secondary N) is 1. The highest BCUT2D eigenvalue weighted by atomic mass is 16.6. The minimum atomic E-state index is -1.25. The lowest BCUT2D eigenvalue weighted by molar-refractivity contribution is -0.384. The molecule has 0 heterocycles. The molecule has 0 aliphatic carbocycles. The molecule has 0 fully saturated rings. The second-order valence-corrected chi connectivity index (χ2v) is 4.39. The molecule has 0 aliphatic heterocycles. The topological polar surface area (TPSA) is 113 Å². The Morgan fingerprint density at radius 1 is 1.40 bits per heavy atom. The van der Waals surface area contributed by atoms with E-state index in [1.165, 1.54) is 17.0 Å².